The maximum absolute atomic E-state index is 14.0. The Morgan fingerprint density at radius 3 is 1.30 bits per heavy atom. The van der Waals surface area contributed by atoms with Crippen LogP contribution in [0.15, 0.2) is 57.5 Å². The molecule has 0 aliphatic rings. The van der Waals surface area contributed by atoms with E-state index in [1.54, 1.807) is 27.7 Å². The Morgan fingerprint density at radius 2 is 1.03 bits per heavy atom. The van der Waals surface area contributed by atoms with Crippen molar-refractivity contribution >= 4 is 47.1 Å². The van der Waals surface area contributed by atoms with Crippen molar-refractivity contribution in [2.45, 2.75) is 39.3 Å². The second-order valence-corrected chi connectivity index (χ2v) is 12.9. The lowest BCUT2D eigenvalue weighted by molar-refractivity contribution is 0.196. The van der Waals surface area contributed by atoms with Crippen molar-refractivity contribution in [3.8, 4) is 0 Å². The molecule has 1 N–H and O–H groups in total. The highest BCUT2D eigenvalue weighted by atomic mass is 79.9. The first-order valence-electron chi connectivity index (χ1n) is 10.8. The Hall–Kier alpha value is -0.340. The molecule has 2 aromatic rings. The smallest absolute Gasteiger partial charge is 0.308 e. The van der Waals surface area contributed by atoms with E-state index in [-0.39, 0.29) is 26.4 Å². The van der Waals surface area contributed by atoms with E-state index in [2.05, 4.69) is 37.2 Å². The Morgan fingerprint density at radius 1 is 0.697 bits per heavy atom. The van der Waals surface area contributed by atoms with Crippen LogP contribution in [0.25, 0.3) is 0 Å². The van der Waals surface area contributed by atoms with Crippen molar-refractivity contribution in [2.75, 3.05) is 26.4 Å². The minimum atomic E-state index is -3.74. The number of benzene rings is 2. The Balaban J connectivity index is 2.70. The molecular formula is C22H31Br2NO6P2. The second-order valence-electron chi connectivity index (χ2n) is 6.83. The normalized spacial score (nSPS) is 14.2. The zero-order valence-electron chi connectivity index (χ0n) is 19.2. The fourth-order valence-corrected chi connectivity index (χ4v) is 8.19. The molecule has 0 bridgehead atoms. The van der Waals surface area contributed by atoms with Crippen LogP contribution in [0, 0.1) is 0 Å². The average Bonchev–Trinajstić information content (AvgIpc) is 2.74. The van der Waals surface area contributed by atoms with Crippen molar-refractivity contribution < 1.29 is 27.2 Å². The molecule has 0 aliphatic heterocycles. The van der Waals surface area contributed by atoms with Crippen LogP contribution in [0.2, 0.25) is 0 Å². The number of hydrogen-bond acceptors (Lipinski definition) is 7. The van der Waals surface area contributed by atoms with Gasteiger partial charge in [-0.1, -0.05) is 56.1 Å². The van der Waals surface area contributed by atoms with Gasteiger partial charge in [-0.2, -0.15) is 0 Å². The van der Waals surface area contributed by atoms with Gasteiger partial charge < -0.3 is 18.1 Å². The van der Waals surface area contributed by atoms with Gasteiger partial charge in [0.25, 0.3) is 0 Å². The molecule has 7 nitrogen and oxygen atoms in total. The maximum Gasteiger partial charge on any atom is 0.351 e. The molecule has 0 heterocycles. The van der Waals surface area contributed by atoms with Gasteiger partial charge in [0.2, 0.25) is 0 Å². The third-order valence-corrected chi connectivity index (χ3v) is 10.1. The van der Waals surface area contributed by atoms with Gasteiger partial charge in [-0.25, -0.2) is 0 Å². The van der Waals surface area contributed by atoms with Gasteiger partial charge in [0.15, 0.2) is 0 Å². The summed E-state index contributed by atoms with van der Waals surface area (Å²) in [5.41, 5.74) is 1.29. The molecule has 0 amide bonds. The molecule has 0 radical (unpaired) electrons. The first kappa shape index (κ1) is 28.9. The van der Waals surface area contributed by atoms with Gasteiger partial charge in [0.1, 0.15) is 11.6 Å². The van der Waals surface area contributed by atoms with Crippen LogP contribution in [0.4, 0.5) is 0 Å². The van der Waals surface area contributed by atoms with Crippen molar-refractivity contribution in [3.63, 3.8) is 0 Å². The summed E-state index contributed by atoms with van der Waals surface area (Å²) in [5.74, 6) is -1.87. The van der Waals surface area contributed by atoms with E-state index in [1.807, 2.05) is 48.5 Å². The molecule has 0 spiro atoms. The van der Waals surface area contributed by atoms with Crippen LogP contribution in [-0.4, -0.2) is 26.4 Å². The molecule has 2 unspecified atom stereocenters. The lowest BCUT2D eigenvalue weighted by Gasteiger charge is -2.34. The number of rotatable bonds is 14. The molecule has 0 aliphatic carbocycles. The third-order valence-electron chi connectivity index (χ3n) is 4.51. The first-order chi connectivity index (χ1) is 15.7. The van der Waals surface area contributed by atoms with E-state index < -0.39 is 26.8 Å². The zero-order valence-corrected chi connectivity index (χ0v) is 24.2. The monoisotopic (exact) mass is 625 g/mol. The van der Waals surface area contributed by atoms with Crippen molar-refractivity contribution in [2.24, 2.45) is 0 Å². The highest BCUT2D eigenvalue weighted by Gasteiger charge is 2.45. The molecular weight excluding hydrogens is 596 g/mol. The van der Waals surface area contributed by atoms with Crippen molar-refractivity contribution in [3.05, 3.63) is 68.6 Å². The summed E-state index contributed by atoms with van der Waals surface area (Å²) in [7, 11) is -7.48. The number of nitrogens with one attached hydrogen (secondary N) is 1. The topological polar surface area (TPSA) is 83.1 Å². The Bertz CT molecular complexity index is 895. The largest absolute Gasteiger partial charge is 0.351 e. The highest BCUT2D eigenvalue weighted by Crippen LogP contribution is 2.65. The minimum Gasteiger partial charge on any atom is -0.308 e. The van der Waals surface area contributed by atoms with Crippen molar-refractivity contribution in [1.29, 1.82) is 0 Å². The number of halogens is 2. The Kier molecular flexibility index (Phi) is 12.0. The van der Waals surface area contributed by atoms with Crippen LogP contribution in [0.5, 0.6) is 0 Å². The second kappa shape index (κ2) is 13.7. The van der Waals surface area contributed by atoms with Crippen LogP contribution in [0.1, 0.15) is 50.4 Å². The zero-order chi connectivity index (χ0) is 24.5. The molecule has 2 rings (SSSR count). The van der Waals surface area contributed by atoms with Gasteiger partial charge in [-0.15, -0.1) is 0 Å². The summed E-state index contributed by atoms with van der Waals surface area (Å²) in [6.07, 6.45) is 0. The van der Waals surface area contributed by atoms with E-state index >= 15 is 0 Å². The van der Waals surface area contributed by atoms with E-state index in [4.69, 9.17) is 18.1 Å². The summed E-state index contributed by atoms with van der Waals surface area (Å²) in [5, 5.41) is 3.29. The molecule has 33 heavy (non-hydrogen) atoms. The lowest BCUT2D eigenvalue weighted by Crippen LogP contribution is -2.29. The highest BCUT2D eigenvalue weighted by molar-refractivity contribution is 9.10. The van der Waals surface area contributed by atoms with Gasteiger partial charge >= 0.3 is 15.2 Å². The SMILES string of the molecule is CCOP(=O)(OCC)C(NC(c1cccc(Br)c1)P(=O)(OCC)OCC)c1cccc(Br)c1. The van der Waals surface area contributed by atoms with Gasteiger partial charge in [0.05, 0.1) is 26.4 Å². The summed E-state index contributed by atoms with van der Waals surface area (Å²) in [6, 6.07) is 14.7. The summed E-state index contributed by atoms with van der Waals surface area (Å²) in [6.45, 7) is 7.72. The molecule has 2 aromatic carbocycles. The quantitative estimate of drug-likeness (QED) is 0.213. The van der Waals surface area contributed by atoms with E-state index in [0.717, 1.165) is 8.95 Å². The molecule has 2 atom stereocenters. The summed E-state index contributed by atoms with van der Waals surface area (Å²) < 4.78 is 52.4. The first-order valence-corrected chi connectivity index (χ1v) is 15.6. The lowest BCUT2D eigenvalue weighted by atomic mass is 10.2. The minimum absolute atomic E-state index is 0.180. The predicted molar refractivity (Wildman–Crippen MR) is 139 cm³/mol. The van der Waals surface area contributed by atoms with Gasteiger partial charge in [0, 0.05) is 8.95 Å². The predicted octanol–water partition coefficient (Wildman–Crippen LogP) is 8.03. The summed E-state index contributed by atoms with van der Waals surface area (Å²) >= 11 is 6.95. The van der Waals surface area contributed by atoms with Crippen LogP contribution >= 0.6 is 47.1 Å². The molecule has 0 aromatic heterocycles. The van der Waals surface area contributed by atoms with E-state index in [0.29, 0.717) is 11.1 Å². The summed E-state index contributed by atoms with van der Waals surface area (Å²) in [4.78, 5) is 0. The van der Waals surface area contributed by atoms with Gasteiger partial charge in [-0.05, 0) is 63.1 Å². The third kappa shape index (κ3) is 7.83. The van der Waals surface area contributed by atoms with Crippen LogP contribution in [0.3, 0.4) is 0 Å². The van der Waals surface area contributed by atoms with E-state index in [1.165, 1.54) is 0 Å². The molecule has 184 valence electrons. The molecule has 0 saturated carbocycles. The van der Waals surface area contributed by atoms with Crippen molar-refractivity contribution in [1.82, 2.24) is 5.32 Å². The van der Waals surface area contributed by atoms with Crippen LogP contribution in [-0.2, 0) is 27.2 Å². The standard InChI is InChI=1S/C22H31Br2NO6P2/c1-5-28-32(26,29-6-2)21(17-11-9-13-19(23)15-17)25-22(18-12-10-14-20(24)16-18)33(27,30-7-3)31-8-4/h9-16,21-22,25H,5-8H2,1-4H3. The molecule has 11 heteroatoms. The van der Waals surface area contributed by atoms with Crippen LogP contribution < -0.4 is 5.32 Å². The Labute approximate surface area is 213 Å². The number of hydrogen-bond donors (Lipinski definition) is 1. The average molecular weight is 627 g/mol. The van der Waals surface area contributed by atoms with E-state index in [9.17, 15) is 9.13 Å². The fraction of sp³-hybridized carbons (Fsp3) is 0.455. The molecule has 0 fully saturated rings. The van der Waals surface area contributed by atoms with Gasteiger partial charge in [-0.3, -0.25) is 14.4 Å². The molecule has 0 saturated heterocycles. The maximum atomic E-state index is 14.0. The fourth-order valence-electron chi connectivity index (χ4n) is 3.34.